The number of thioether (sulfide) groups is 2. The van der Waals surface area contributed by atoms with Crippen molar-refractivity contribution in [3.8, 4) is 0 Å². The van der Waals surface area contributed by atoms with Gasteiger partial charge >= 0.3 is 0 Å². The molecule has 20 heavy (non-hydrogen) atoms. The number of benzene rings is 2. The van der Waals surface area contributed by atoms with E-state index in [-0.39, 0.29) is 5.91 Å². The molecule has 0 aliphatic heterocycles. The van der Waals surface area contributed by atoms with E-state index >= 15 is 0 Å². The predicted octanol–water partition coefficient (Wildman–Crippen LogP) is 4.53. The van der Waals surface area contributed by atoms with Crippen molar-refractivity contribution in [2.24, 2.45) is 0 Å². The van der Waals surface area contributed by atoms with Gasteiger partial charge in [-0.25, -0.2) is 0 Å². The molecule has 0 fully saturated rings. The molecule has 2 nitrogen and oxygen atoms in total. The summed E-state index contributed by atoms with van der Waals surface area (Å²) in [5.74, 6) is 0.851. The molecule has 0 aliphatic carbocycles. The molecule has 0 saturated heterocycles. The lowest BCUT2D eigenvalue weighted by atomic mass is 10.3. The number of carbonyl (C=O) groups is 1. The van der Waals surface area contributed by atoms with Crippen molar-refractivity contribution in [3.05, 3.63) is 54.6 Å². The fourth-order valence-electron chi connectivity index (χ4n) is 1.68. The van der Waals surface area contributed by atoms with Gasteiger partial charge in [-0.3, -0.25) is 4.79 Å². The quantitative estimate of drug-likeness (QED) is 0.795. The average Bonchev–Trinajstić information content (AvgIpc) is 2.49. The van der Waals surface area contributed by atoms with E-state index in [9.17, 15) is 4.79 Å². The highest BCUT2D eigenvalue weighted by molar-refractivity contribution is 7.99. The molecule has 0 saturated carbocycles. The van der Waals surface area contributed by atoms with Crippen molar-refractivity contribution in [1.29, 1.82) is 0 Å². The number of rotatable bonds is 6. The van der Waals surface area contributed by atoms with E-state index in [1.54, 1.807) is 23.5 Å². The highest BCUT2D eigenvalue weighted by Crippen LogP contribution is 2.19. The molecule has 0 unspecified atom stereocenters. The Morgan fingerprint density at radius 2 is 1.70 bits per heavy atom. The van der Waals surface area contributed by atoms with Crippen molar-refractivity contribution >= 4 is 35.1 Å². The summed E-state index contributed by atoms with van der Waals surface area (Å²) in [6.45, 7) is 0. The molecule has 0 heterocycles. The maximum atomic E-state index is 11.8. The molecule has 1 N–H and O–H groups in total. The molecule has 0 bridgehead atoms. The first-order chi connectivity index (χ1) is 9.78. The molecule has 0 radical (unpaired) electrons. The maximum Gasteiger partial charge on any atom is 0.225 e. The van der Waals surface area contributed by atoms with Gasteiger partial charge in [0.25, 0.3) is 0 Å². The first-order valence-electron chi connectivity index (χ1n) is 6.39. The molecule has 104 valence electrons. The lowest BCUT2D eigenvalue weighted by molar-refractivity contribution is -0.115. The van der Waals surface area contributed by atoms with Gasteiger partial charge in [-0.05, 0) is 42.7 Å². The van der Waals surface area contributed by atoms with Crippen LogP contribution >= 0.6 is 23.5 Å². The number of hydrogen-bond donors (Lipinski definition) is 1. The van der Waals surface area contributed by atoms with E-state index < -0.39 is 0 Å². The normalized spacial score (nSPS) is 10.2. The topological polar surface area (TPSA) is 29.1 Å². The van der Waals surface area contributed by atoms with E-state index in [0.717, 1.165) is 11.4 Å². The molecule has 2 aromatic rings. The van der Waals surface area contributed by atoms with E-state index in [2.05, 4.69) is 17.4 Å². The fourth-order valence-corrected chi connectivity index (χ4v) is 2.96. The molecule has 2 rings (SSSR count). The Hall–Kier alpha value is -1.39. The highest BCUT2D eigenvalue weighted by Gasteiger charge is 2.03. The van der Waals surface area contributed by atoms with Crippen molar-refractivity contribution < 1.29 is 4.79 Å². The van der Waals surface area contributed by atoms with Gasteiger partial charge < -0.3 is 5.32 Å². The van der Waals surface area contributed by atoms with Crippen LogP contribution in [0.5, 0.6) is 0 Å². The van der Waals surface area contributed by atoms with Crippen LogP contribution in [0.1, 0.15) is 6.42 Å². The largest absolute Gasteiger partial charge is 0.326 e. The fraction of sp³-hybridized carbons (Fsp3) is 0.188. The highest BCUT2D eigenvalue weighted by atomic mass is 32.2. The number of hydrogen-bond acceptors (Lipinski definition) is 3. The molecule has 0 aliphatic rings. The van der Waals surface area contributed by atoms with Gasteiger partial charge in [0.2, 0.25) is 5.91 Å². The summed E-state index contributed by atoms with van der Waals surface area (Å²) < 4.78 is 0. The molecule has 2 aromatic carbocycles. The summed E-state index contributed by atoms with van der Waals surface area (Å²) >= 11 is 3.39. The minimum atomic E-state index is 0.0605. The second kappa shape index (κ2) is 8.02. The smallest absolute Gasteiger partial charge is 0.225 e. The van der Waals surface area contributed by atoms with Gasteiger partial charge in [0.1, 0.15) is 0 Å². The van der Waals surface area contributed by atoms with Gasteiger partial charge in [0, 0.05) is 27.7 Å². The molecule has 0 aromatic heterocycles. The van der Waals surface area contributed by atoms with Crippen LogP contribution in [-0.2, 0) is 4.79 Å². The van der Waals surface area contributed by atoms with Gasteiger partial charge in [0.15, 0.2) is 0 Å². The monoisotopic (exact) mass is 303 g/mol. The minimum Gasteiger partial charge on any atom is -0.326 e. The third-order valence-electron chi connectivity index (χ3n) is 2.71. The zero-order valence-electron chi connectivity index (χ0n) is 11.3. The SMILES string of the molecule is CSc1ccc(NC(=O)CCSc2ccccc2)cc1. The zero-order valence-corrected chi connectivity index (χ0v) is 13.0. The van der Waals surface area contributed by atoms with Crippen LogP contribution in [-0.4, -0.2) is 17.9 Å². The molecular weight excluding hydrogens is 286 g/mol. The number of anilines is 1. The molecule has 0 atom stereocenters. The average molecular weight is 303 g/mol. The van der Waals surface area contributed by atoms with E-state index in [0.29, 0.717) is 6.42 Å². The van der Waals surface area contributed by atoms with Crippen LogP contribution in [0.15, 0.2) is 64.4 Å². The van der Waals surface area contributed by atoms with E-state index in [4.69, 9.17) is 0 Å². The summed E-state index contributed by atoms with van der Waals surface area (Å²) in [4.78, 5) is 14.2. The van der Waals surface area contributed by atoms with Crippen molar-refractivity contribution in [3.63, 3.8) is 0 Å². The minimum absolute atomic E-state index is 0.0605. The van der Waals surface area contributed by atoms with Crippen LogP contribution in [0.4, 0.5) is 5.69 Å². The molecule has 1 amide bonds. The Morgan fingerprint density at radius 3 is 2.35 bits per heavy atom. The summed E-state index contributed by atoms with van der Waals surface area (Å²) in [5.41, 5.74) is 0.859. The number of nitrogens with one attached hydrogen (secondary N) is 1. The summed E-state index contributed by atoms with van der Waals surface area (Å²) in [6.07, 6.45) is 2.55. The van der Waals surface area contributed by atoms with Gasteiger partial charge in [-0.2, -0.15) is 0 Å². The second-order valence-corrected chi connectivity index (χ2v) is 6.24. The lowest BCUT2D eigenvalue weighted by Gasteiger charge is -2.06. The first-order valence-corrected chi connectivity index (χ1v) is 8.61. The zero-order chi connectivity index (χ0) is 14.2. The van der Waals surface area contributed by atoms with Crippen molar-refractivity contribution in [1.82, 2.24) is 0 Å². The van der Waals surface area contributed by atoms with Crippen molar-refractivity contribution in [2.75, 3.05) is 17.3 Å². The number of carbonyl (C=O) groups excluding carboxylic acids is 1. The van der Waals surface area contributed by atoms with Crippen LogP contribution in [0, 0.1) is 0 Å². The Bertz CT molecular complexity index is 540. The number of amides is 1. The van der Waals surface area contributed by atoms with Gasteiger partial charge in [0.05, 0.1) is 0 Å². The second-order valence-electron chi connectivity index (χ2n) is 4.19. The summed E-state index contributed by atoms with van der Waals surface area (Å²) in [7, 11) is 0. The van der Waals surface area contributed by atoms with Gasteiger partial charge in [-0.1, -0.05) is 18.2 Å². The molecule has 4 heteroatoms. The van der Waals surface area contributed by atoms with Crippen LogP contribution < -0.4 is 5.32 Å². The predicted molar refractivity (Wildman–Crippen MR) is 88.6 cm³/mol. The standard InChI is InChI=1S/C16H17NOS2/c1-19-14-9-7-13(8-10-14)17-16(18)11-12-20-15-5-3-2-4-6-15/h2-10H,11-12H2,1H3,(H,17,18). The van der Waals surface area contributed by atoms with Crippen LogP contribution in [0.3, 0.4) is 0 Å². The van der Waals surface area contributed by atoms with Crippen LogP contribution in [0.2, 0.25) is 0 Å². The van der Waals surface area contributed by atoms with Gasteiger partial charge in [-0.15, -0.1) is 23.5 Å². The Kier molecular flexibility index (Phi) is 6.02. The van der Waals surface area contributed by atoms with Crippen LogP contribution in [0.25, 0.3) is 0 Å². The van der Waals surface area contributed by atoms with E-state index in [1.807, 2.05) is 48.7 Å². The summed E-state index contributed by atoms with van der Waals surface area (Å²) in [5, 5.41) is 2.92. The molecular formula is C16H17NOS2. The van der Waals surface area contributed by atoms with Crippen molar-refractivity contribution in [2.45, 2.75) is 16.2 Å². The first kappa shape index (κ1) is 15.0. The van der Waals surface area contributed by atoms with E-state index in [1.165, 1.54) is 9.79 Å². The molecule has 0 spiro atoms. The Labute approximate surface area is 128 Å². The third-order valence-corrected chi connectivity index (χ3v) is 4.47. The summed E-state index contributed by atoms with van der Waals surface area (Å²) in [6, 6.07) is 18.0. The maximum absolute atomic E-state index is 11.8. The lowest BCUT2D eigenvalue weighted by Crippen LogP contribution is -2.11. The third kappa shape index (κ3) is 4.94. The Balaban J connectivity index is 1.74. The Morgan fingerprint density at radius 1 is 1.00 bits per heavy atom.